The molecule has 4 nitrogen and oxygen atoms in total. The van der Waals surface area contributed by atoms with Crippen molar-refractivity contribution in [2.75, 3.05) is 0 Å². The largest absolute Gasteiger partial charge is 0.478 e. The van der Waals surface area contributed by atoms with Crippen LogP contribution < -0.4 is 0 Å². The molecule has 0 spiro atoms. The average Bonchev–Trinajstić information content (AvgIpc) is 2.63. The normalized spacial score (nSPS) is 10.8. The van der Waals surface area contributed by atoms with E-state index in [9.17, 15) is 9.59 Å². The molecule has 0 amide bonds. The summed E-state index contributed by atoms with van der Waals surface area (Å²) in [6.07, 6.45) is 0. The summed E-state index contributed by atoms with van der Waals surface area (Å²) in [5, 5.41) is 10.2. The molecule has 2 rings (SSSR count). The zero-order valence-electron chi connectivity index (χ0n) is 9.30. The fraction of sp³-hybridized carbons (Fsp3) is 0.167. The minimum absolute atomic E-state index is 0.00673. The number of H-pyrrole nitrogens is 1. The van der Waals surface area contributed by atoms with E-state index in [1.54, 1.807) is 19.1 Å². The molecule has 0 saturated carbocycles. The van der Waals surface area contributed by atoms with E-state index in [4.69, 9.17) is 16.7 Å². The monoisotopic (exact) mass is 251 g/mol. The molecule has 0 aliphatic rings. The minimum Gasteiger partial charge on any atom is -0.478 e. The predicted octanol–water partition coefficient (Wildman–Crippen LogP) is 3.03. The summed E-state index contributed by atoms with van der Waals surface area (Å²) in [6, 6.07) is 3.24. The molecule has 1 heterocycles. The lowest BCUT2D eigenvalue weighted by molar-refractivity contribution is 0.0694. The van der Waals surface area contributed by atoms with Gasteiger partial charge < -0.3 is 10.1 Å². The van der Waals surface area contributed by atoms with Crippen LogP contribution in [0.2, 0.25) is 5.02 Å². The molecule has 17 heavy (non-hydrogen) atoms. The van der Waals surface area contributed by atoms with Crippen molar-refractivity contribution in [3.05, 3.63) is 34.0 Å². The van der Waals surface area contributed by atoms with Gasteiger partial charge in [-0.1, -0.05) is 17.7 Å². The first-order valence-electron chi connectivity index (χ1n) is 4.98. The van der Waals surface area contributed by atoms with E-state index in [1.807, 2.05) is 0 Å². The van der Waals surface area contributed by atoms with E-state index in [1.165, 1.54) is 6.92 Å². The number of aromatic amines is 1. The number of rotatable bonds is 2. The van der Waals surface area contributed by atoms with Gasteiger partial charge in [0.05, 0.1) is 16.8 Å². The van der Waals surface area contributed by atoms with Crippen molar-refractivity contribution in [1.29, 1.82) is 0 Å². The highest BCUT2D eigenvalue weighted by Gasteiger charge is 2.21. The van der Waals surface area contributed by atoms with Crippen LogP contribution in [0.5, 0.6) is 0 Å². The second-order valence-electron chi connectivity index (χ2n) is 3.83. The van der Waals surface area contributed by atoms with Crippen molar-refractivity contribution in [1.82, 2.24) is 4.98 Å². The highest BCUT2D eigenvalue weighted by atomic mass is 35.5. The van der Waals surface area contributed by atoms with Crippen molar-refractivity contribution < 1.29 is 14.7 Å². The summed E-state index contributed by atoms with van der Waals surface area (Å²) >= 11 is 5.96. The highest BCUT2D eigenvalue weighted by molar-refractivity contribution is 6.32. The smallest absolute Gasteiger partial charge is 0.338 e. The highest BCUT2D eigenvalue weighted by Crippen LogP contribution is 2.29. The van der Waals surface area contributed by atoms with Crippen LogP contribution in [0.1, 0.15) is 33.3 Å². The Bertz CT molecular complexity index is 643. The molecule has 0 aliphatic carbocycles. The first-order valence-corrected chi connectivity index (χ1v) is 5.36. The lowest BCUT2D eigenvalue weighted by atomic mass is 10.1. The van der Waals surface area contributed by atoms with Crippen LogP contribution >= 0.6 is 11.6 Å². The van der Waals surface area contributed by atoms with E-state index in [2.05, 4.69) is 4.98 Å². The fourth-order valence-corrected chi connectivity index (χ4v) is 2.02. The zero-order chi connectivity index (χ0) is 12.7. The molecule has 2 N–H and O–H groups in total. The fourth-order valence-electron chi connectivity index (χ4n) is 1.86. The van der Waals surface area contributed by atoms with Gasteiger partial charge in [-0.3, -0.25) is 4.79 Å². The molecular weight excluding hydrogens is 242 g/mol. The number of aryl methyl sites for hydroxylation is 1. The molecule has 2 aromatic rings. The zero-order valence-corrected chi connectivity index (χ0v) is 10.1. The number of carbonyl (C=O) groups is 2. The number of aromatic nitrogens is 1. The van der Waals surface area contributed by atoms with Gasteiger partial charge in [0.2, 0.25) is 0 Å². The number of benzene rings is 1. The van der Waals surface area contributed by atoms with Crippen LogP contribution in [-0.4, -0.2) is 21.8 Å². The first kappa shape index (κ1) is 11.7. The van der Waals surface area contributed by atoms with E-state index in [0.29, 0.717) is 15.9 Å². The van der Waals surface area contributed by atoms with Crippen LogP contribution in [0.3, 0.4) is 0 Å². The number of carboxylic acids is 1. The second kappa shape index (κ2) is 3.89. The molecule has 0 fully saturated rings. The molecule has 1 aromatic heterocycles. The Labute approximate surface area is 102 Å². The van der Waals surface area contributed by atoms with Crippen molar-refractivity contribution in [3.63, 3.8) is 0 Å². The Morgan fingerprint density at radius 2 is 2.00 bits per heavy atom. The third-order valence-corrected chi connectivity index (χ3v) is 3.14. The predicted molar refractivity (Wildman–Crippen MR) is 65.0 cm³/mol. The summed E-state index contributed by atoms with van der Waals surface area (Å²) in [5.41, 5.74) is 1.45. The van der Waals surface area contributed by atoms with Gasteiger partial charge in [-0.2, -0.15) is 0 Å². The summed E-state index contributed by atoms with van der Waals surface area (Å²) < 4.78 is 0. The minimum atomic E-state index is -1.12. The first-order chi connectivity index (χ1) is 7.93. The van der Waals surface area contributed by atoms with Crippen LogP contribution in [0.15, 0.2) is 12.1 Å². The number of carboxylic acid groups (broad SMARTS) is 1. The molecule has 0 saturated heterocycles. The quantitative estimate of drug-likeness (QED) is 0.806. The summed E-state index contributed by atoms with van der Waals surface area (Å²) in [5.74, 6) is -1.43. The summed E-state index contributed by atoms with van der Waals surface area (Å²) in [4.78, 5) is 25.4. The number of hydrogen-bond acceptors (Lipinski definition) is 2. The molecule has 0 atom stereocenters. The molecule has 5 heteroatoms. The van der Waals surface area contributed by atoms with Gasteiger partial charge in [0.1, 0.15) is 0 Å². The third-order valence-electron chi connectivity index (χ3n) is 2.73. The molecule has 0 radical (unpaired) electrons. The lowest BCUT2D eigenvalue weighted by Crippen LogP contribution is -2.04. The van der Waals surface area contributed by atoms with Crippen molar-refractivity contribution >= 4 is 34.3 Å². The molecule has 88 valence electrons. The van der Waals surface area contributed by atoms with Crippen LogP contribution in [-0.2, 0) is 0 Å². The molecule has 1 aromatic carbocycles. The third kappa shape index (κ3) is 1.70. The van der Waals surface area contributed by atoms with Gasteiger partial charge in [0, 0.05) is 17.3 Å². The van der Waals surface area contributed by atoms with E-state index < -0.39 is 5.97 Å². The maximum absolute atomic E-state index is 11.4. The number of ketones is 1. The Kier molecular flexibility index (Phi) is 2.67. The van der Waals surface area contributed by atoms with Gasteiger partial charge in [-0.15, -0.1) is 0 Å². The van der Waals surface area contributed by atoms with Gasteiger partial charge in [-0.25, -0.2) is 4.79 Å². The average molecular weight is 252 g/mol. The number of carbonyl (C=O) groups excluding carboxylic acids is 1. The van der Waals surface area contributed by atoms with E-state index >= 15 is 0 Å². The van der Waals surface area contributed by atoms with Crippen molar-refractivity contribution in [2.24, 2.45) is 0 Å². The number of aromatic carboxylic acids is 1. The van der Waals surface area contributed by atoms with Crippen LogP contribution in [0.4, 0.5) is 0 Å². The van der Waals surface area contributed by atoms with Gasteiger partial charge in [0.25, 0.3) is 0 Å². The number of Topliss-reactive ketones (excluding diaryl/α,β-unsaturated/α-hetero) is 1. The van der Waals surface area contributed by atoms with Gasteiger partial charge >= 0.3 is 5.97 Å². The van der Waals surface area contributed by atoms with Crippen molar-refractivity contribution in [2.45, 2.75) is 13.8 Å². The summed E-state index contributed by atoms with van der Waals surface area (Å²) in [6.45, 7) is 3.10. The molecule has 0 unspecified atom stereocenters. The molecule has 0 bridgehead atoms. The van der Waals surface area contributed by atoms with Gasteiger partial charge in [0.15, 0.2) is 5.78 Å². The summed E-state index contributed by atoms with van der Waals surface area (Å²) in [7, 11) is 0. The number of fused-ring (bicyclic) bond motifs is 1. The maximum atomic E-state index is 11.4. The van der Waals surface area contributed by atoms with Crippen molar-refractivity contribution in [3.8, 4) is 0 Å². The number of nitrogens with one attached hydrogen (secondary N) is 1. The Balaban J connectivity index is 2.94. The Morgan fingerprint density at radius 3 is 2.53 bits per heavy atom. The SMILES string of the molecule is CC(=O)c1[nH]c2c(C)c(Cl)ccc2c1C(=O)O. The lowest BCUT2D eigenvalue weighted by Gasteiger charge is -1.99. The van der Waals surface area contributed by atoms with E-state index in [0.717, 1.165) is 5.56 Å². The Morgan fingerprint density at radius 1 is 1.35 bits per heavy atom. The van der Waals surface area contributed by atoms with Gasteiger partial charge in [-0.05, 0) is 18.6 Å². The number of halogens is 1. The van der Waals surface area contributed by atoms with E-state index in [-0.39, 0.29) is 17.0 Å². The van der Waals surface area contributed by atoms with Crippen LogP contribution in [0.25, 0.3) is 10.9 Å². The number of hydrogen-bond donors (Lipinski definition) is 2. The standard InChI is InChI=1S/C12H10ClNO3/c1-5-8(13)4-3-7-9(12(16)17)11(6(2)15)14-10(5)7/h3-4,14H,1-2H3,(H,16,17). The maximum Gasteiger partial charge on any atom is 0.338 e. The second-order valence-corrected chi connectivity index (χ2v) is 4.24. The topological polar surface area (TPSA) is 70.2 Å². The van der Waals surface area contributed by atoms with Crippen LogP contribution in [0, 0.1) is 6.92 Å². The molecular formula is C12H10ClNO3. The molecule has 0 aliphatic heterocycles. The Hall–Kier alpha value is -1.81.